The third-order valence-corrected chi connectivity index (χ3v) is 5.31. The number of nitrogens with zero attached hydrogens (tertiary/aromatic N) is 3. The number of thiophene rings is 1. The molecule has 0 amide bonds. The van der Waals surface area contributed by atoms with Crippen molar-refractivity contribution >= 4 is 23.1 Å². The van der Waals surface area contributed by atoms with Crippen LogP contribution in [0.1, 0.15) is 18.6 Å². The summed E-state index contributed by atoms with van der Waals surface area (Å²) in [5.74, 6) is 0.981. The van der Waals surface area contributed by atoms with E-state index in [-0.39, 0.29) is 5.82 Å². The Balaban J connectivity index is 1.72. The maximum absolute atomic E-state index is 12.9. The van der Waals surface area contributed by atoms with E-state index in [2.05, 4.69) is 10.2 Å². The lowest BCUT2D eigenvalue weighted by Gasteiger charge is -2.11. The highest BCUT2D eigenvalue weighted by atomic mass is 32.2. The minimum absolute atomic E-state index is 0.306. The van der Waals surface area contributed by atoms with Crippen molar-refractivity contribution in [2.24, 2.45) is 0 Å². The molecule has 0 saturated carbocycles. The monoisotopic (exact) mass is 349 g/mol. The summed E-state index contributed by atoms with van der Waals surface area (Å²) in [7, 11) is 0. The second-order valence-corrected chi connectivity index (χ2v) is 6.84. The number of hydrogen-bond acceptors (Lipinski definition) is 5. The topological polar surface area (TPSA) is 50.9 Å². The SMILES string of the molecule is CCn1c(SCC(O)c2ccc(F)cc2)nnc1-c1cccs1. The molecule has 2 heterocycles. The van der Waals surface area contributed by atoms with Gasteiger partial charge in [-0.3, -0.25) is 0 Å². The molecule has 3 aromatic rings. The first kappa shape index (κ1) is 16.2. The highest BCUT2D eigenvalue weighted by molar-refractivity contribution is 7.99. The number of halogens is 1. The number of rotatable bonds is 6. The second-order valence-electron chi connectivity index (χ2n) is 4.91. The smallest absolute Gasteiger partial charge is 0.191 e. The van der Waals surface area contributed by atoms with Crippen molar-refractivity contribution in [3.63, 3.8) is 0 Å². The Morgan fingerprint density at radius 2 is 2.04 bits per heavy atom. The van der Waals surface area contributed by atoms with Crippen LogP contribution in [-0.2, 0) is 6.54 Å². The average Bonchev–Trinajstić information content (AvgIpc) is 3.22. The molecule has 0 fully saturated rings. The van der Waals surface area contributed by atoms with Crippen molar-refractivity contribution in [3.05, 3.63) is 53.2 Å². The molecular formula is C16H16FN3OS2. The van der Waals surface area contributed by atoms with E-state index in [1.807, 2.05) is 29.0 Å². The first-order valence-electron chi connectivity index (χ1n) is 7.22. The van der Waals surface area contributed by atoms with E-state index >= 15 is 0 Å². The fraction of sp³-hybridized carbons (Fsp3) is 0.250. The van der Waals surface area contributed by atoms with E-state index in [4.69, 9.17) is 0 Å². The van der Waals surface area contributed by atoms with E-state index in [0.29, 0.717) is 11.3 Å². The van der Waals surface area contributed by atoms with Gasteiger partial charge in [0.25, 0.3) is 0 Å². The number of aliphatic hydroxyl groups is 1. The van der Waals surface area contributed by atoms with E-state index in [1.165, 1.54) is 23.9 Å². The minimum Gasteiger partial charge on any atom is -0.388 e. The van der Waals surface area contributed by atoms with Gasteiger partial charge < -0.3 is 9.67 Å². The summed E-state index contributed by atoms with van der Waals surface area (Å²) in [5.41, 5.74) is 0.694. The molecule has 2 aromatic heterocycles. The molecule has 0 radical (unpaired) electrons. The lowest BCUT2D eigenvalue weighted by molar-refractivity contribution is 0.204. The predicted octanol–water partition coefficient (Wildman–Crippen LogP) is 3.99. The Labute approximate surface area is 142 Å². The van der Waals surface area contributed by atoms with Crippen molar-refractivity contribution < 1.29 is 9.50 Å². The maximum Gasteiger partial charge on any atom is 0.191 e. The molecule has 4 nitrogen and oxygen atoms in total. The Morgan fingerprint density at radius 3 is 2.70 bits per heavy atom. The van der Waals surface area contributed by atoms with Gasteiger partial charge in [-0.15, -0.1) is 21.5 Å². The van der Waals surface area contributed by atoms with Crippen molar-refractivity contribution in [3.8, 4) is 10.7 Å². The number of hydrogen-bond donors (Lipinski definition) is 1. The second kappa shape index (κ2) is 7.25. The highest BCUT2D eigenvalue weighted by Gasteiger charge is 2.16. The fourth-order valence-corrected chi connectivity index (χ4v) is 3.89. The van der Waals surface area contributed by atoms with Crippen LogP contribution in [0.4, 0.5) is 4.39 Å². The van der Waals surface area contributed by atoms with Gasteiger partial charge in [-0.05, 0) is 36.1 Å². The first-order chi connectivity index (χ1) is 11.2. The van der Waals surface area contributed by atoms with E-state index in [1.54, 1.807) is 23.5 Å². The summed E-state index contributed by atoms with van der Waals surface area (Å²) in [4.78, 5) is 1.07. The molecule has 0 aliphatic rings. The van der Waals surface area contributed by atoms with Crippen LogP contribution in [0.5, 0.6) is 0 Å². The predicted molar refractivity (Wildman–Crippen MR) is 91.1 cm³/mol. The normalized spacial score (nSPS) is 12.5. The van der Waals surface area contributed by atoms with E-state index in [9.17, 15) is 9.50 Å². The Kier molecular flexibility index (Phi) is 5.09. The summed E-state index contributed by atoms with van der Waals surface area (Å²) in [5, 5.41) is 21.5. The molecule has 1 aromatic carbocycles. The maximum atomic E-state index is 12.9. The highest BCUT2D eigenvalue weighted by Crippen LogP contribution is 2.29. The van der Waals surface area contributed by atoms with Crippen LogP contribution in [-0.4, -0.2) is 25.6 Å². The Morgan fingerprint density at radius 1 is 1.26 bits per heavy atom. The molecule has 23 heavy (non-hydrogen) atoms. The third kappa shape index (κ3) is 3.63. The molecule has 7 heteroatoms. The molecule has 0 aliphatic carbocycles. The molecule has 1 atom stereocenters. The van der Waals surface area contributed by atoms with Crippen LogP contribution in [0, 0.1) is 5.82 Å². The molecule has 1 N–H and O–H groups in total. The summed E-state index contributed by atoms with van der Waals surface area (Å²) < 4.78 is 15.0. The van der Waals surface area contributed by atoms with Crippen molar-refractivity contribution in [1.29, 1.82) is 0 Å². The van der Waals surface area contributed by atoms with Gasteiger partial charge in [-0.1, -0.05) is 30.0 Å². The third-order valence-electron chi connectivity index (χ3n) is 3.40. The Bertz CT molecular complexity index is 756. The zero-order chi connectivity index (χ0) is 16.2. The van der Waals surface area contributed by atoms with Crippen LogP contribution < -0.4 is 0 Å². The lowest BCUT2D eigenvalue weighted by atomic mass is 10.1. The van der Waals surface area contributed by atoms with Crippen LogP contribution in [0.2, 0.25) is 0 Å². The first-order valence-corrected chi connectivity index (χ1v) is 9.09. The summed E-state index contributed by atoms with van der Waals surface area (Å²) in [6, 6.07) is 9.91. The molecule has 120 valence electrons. The molecule has 0 spiro atoms. The van der Waals surface area contributed by atoms with Crippen molar-refractivity contribution in [2.75, 3.05) is 5.75 Å². The zero-order valence-electron chi connectivity index (χ0n) is 12.5. The van der Waals surface area contributed by atoms with Crippen LogP contribution in [0.25, 0.3) is 10.7 Å². The molecule has 0 aliphatic heterocycles. The average molecular weight is 349 g/mol. The van der Waals surface area contributed by atoms with Gasteiger partial charge >= 0.3 is 0 Å². The molecule has 3 rings (SSSR count). The van der Waals surface area contributed by atoms with E-state index in [0.717, 1.165) is 22.4 Å². The quantitative estimate of drug-likeness (QED) is 0.684. The van der Waals surface area contributed by atoms with Crippen molar-refractivity contribution in [1.82, 2.24) is 14.8 Å². The summed E-state index contributed by atoms with van der Waals surface area (Å²) in [6.07, 6.45) is -0.673. The van der Waals surface area contributed by atoms with Crippen LogP contribution >= 0.6 is 23.1 Å². The van der Waals surface area contributed by atoms with Gasteiger partial charge in [0, 0.05) is 12.3 Å². The van der Waals surface area contributed by atoms with Gasteiger partial charge in [0.1, 0.15) is 5.82 Å². The number of aliphatic hydroxyl groups excluding tert-OH is 1. The molecule has 0 bridgehead atoms. The lowest BCUT2D eigenvalue weighted by Crippen LogP contribution is -2.03. The van der Waals surface area contributed by atoms with Gasteiger partial charge in [0.05, 0.1) is 11.0 Å². The number of benzene rings is 1. The van der Waals surface area contributed by atoms with Crippen molar-refractivity contribution in [2.45, 2.75) is 24.7 Å². The van der Waals surface area contributed by atoms with Gasteiger partial charge in [0.2, 0.25) is 0 Å². The number of aromatic nitrogens is 3. The van der Waals surface area contributed by atoms with Crippen LogP contribution in [0.15, 0.2) is 46.9 Å². The van der Waals surface area contributed by atoms with Crippen LogP contribution in [0.3, 0.4) is 0 Å². The zero-order valence-corrected chi connectivity index (χ0v) is 14.1. The molecular weight excluding hydrogens is 333 g/mol. The largest absolute Gasteiger partial charge is 0.388 e. The number of thioether (sulfide) groups is 1. The van der Waals surface area contributed by atoms with E-state index < -0.39 is 6.10 Å². The molecule has 1 unspecified atom stereocenters. The standard InChI is InChI=1S/C16H16FN3OS2/c1-2-20-15(14-4-3-9-22-14)18-19-16(20)23-10-13(21)11-5-7-12(17)8-6-11/h3-9,13,21H,2,10H2,1H3. The van der Waals surface area contributed by atoms with Gasteiger partial charge in [-0.25, -0.2) is 4.39 Å². The summed E-state index contributed by atoms with van der Waals surface area (Å²) >= 11 is 3.07. The molecule has 0 saturated heterocycles. The van der Waals surface area contributed by atoms with Gasteiger partial charge in [0.15, 0.2) is 11.0 Å². The Hall–Kier alpha value is -1.70. The minimum atomic E-state index is -0.673. The fourth-order valence-electron chi connectivity index (χ4n) is 2.20. The van der Waals surface area contributed by atoms with Gasteiger partial charge in [-0.2, -0.15) is 0 Å². The summed E-state index contributed by atoms with van der Waals surface area (Å²) in [6.45, 7) is 2.80.